The first kappa shape index (κ1) is 12.8. The predicted octanol–water partition coefficient (Wildman–Crippen LogP) is 2.15. The molecule has 4 nitrogen and oxygen atoms in total. The number of nitrogen functional groups attached to an aromatic ring is 2. The molecule has 3 aliphatic rings. The average molecular weight is 285 g/mol. The van der Waals surface area contributed by atoms with Crippen LogP contribution in [0.3, 0.4) is 0 Å². The highest BCUT2D eigenvalue weighted by Gasteiger charge is 2.34. The molecule has 3 heterocycles. The zero-order chi connectivity index (χ0) is 13.6. The summed E-state index contributed by atoms with van der Waals surface area (Å²) in [5.74, 6) is 0.0377. The molecule has 19 heavy (non-hydrogen) atoms. The molecular weight excluding hydrogens is 267 g/mol. The van der Waals surface area contributed by atoms with Gasteiger partial charge in [-0.15, -0.1) is 0 Å². The van der Waals surface area contributed by atoms with E-state index in [1.165, 1.54) is 6.07 Å². The molecule has 0 radical (unpaired) electrons. The lowest BCUT2D eigenvalue weighted by molar-refractivity contribution is 0.0974. The molecule has 6 heteroatoms. The van der Waals surface area contributed by atoms with Crippen molar-refractivity contribution in [3.63, 3.8) is 0 Å². The summed E-state index contributed by atoms with van der Waals surface area (Å²) >= 11 is 5.85. The Balaban J connectivity index is 1.86. The Hall–Kier alpha value is -1.20. The Bertz CT molecular complexity index is 500. The van der Waals surface area contributed by atoms with E-state index < -0.39 is 5.82 Å². The van der Waals surface area contributed by atoms with Crippen molar-refractivity contribution in [2.75, 3.05) is 36.4 Å². The summed E-state index contributed by atoms with van der Waals surface area (Å²) in [6.45, 7) is 3.22. The van der Waals surface area contributed by atoms with Gasteiger partial charge < -0.3 is 21.7 Å². The number of nitrogens with zero attached hydrogens (tertiary/aromatic N) is 1. The zero-order valence-electron chi connectivity index (χ0n) is 10.6. The van der Waals surface area contributed by atoms with Gasteiger partial charge in [0.15, 0.2) is 5.82 Å². The summed E-state index contributed by atoms with van der Waals surface area (Å²) in [7, 11) is 0. The Kier molecular flexibility index (Phi) is 3.19. The van der Waals surface area contributed by atoms with Crippen molar-refractivity contribution >= 4 is 28.7 Å². The second kappa shape index (κ2) is 4.72. The molecule has 0 spiro atoms. The van der Waals surface area contributed by atoms with Gasteiger partial charge in [0.2, 0.25) is 0 Å². The predicted molar refractivity (Wildman–Crippen MR) is 76.8 cm³/mol. The molecule has 1 unspecified atom stereocenters. The number of nitrogens with two attached hydrogens (primary N) is 2. The van der Waals surface area contributed by atoms with Gasteiger partial charge in [0, 0.05) is 12.6 Å². The SMILES string of the molecule is Nc1cc(N)c(NC2CN3CCC2CC3)c(F)c1Cl. The van der Waals surface area contributed by atoms with Crippen LogP contribution in [0, 0.1) is 11.7 Å². The summed E-state index contributed by atoms with van der Waals surface area (Å²) in [4.78, 5) is 2.39. The van der Waals surface area contributed by atoms with Gasteiger partial charge in [0.25, 0.3) is 0 Å². The third-order valence-corrected chi connectivity index (χ3v) is 4.64. The molecule has 0 amide bonds. The first-order valence-electron chi connectivity index (χ1n) is 6.58. The van der Waals surface area contributed by atoms with Crippen LogP contribution in [0.15, 0.2) is 6.07 Å². The molecule has 3 aliphatic heterocycles. The second-order valence-electron chi connectivity index (χ2n) is 5.45. The van der Waals surface area contributed by atoms with E-state index in [2.05, 4.69) is 10.2 Å². The van der Waals surface area contributed by atoms with Crippen molar-refractivity contribution < 1.29 is 4.39 Å². The van der Waals surface area contributed by atoms with Crippen LogP contribution in [0.5, 0.6) is 0 Å². The minimum atomic E-state index is -0.546. The Morgan fingerprint density at radius 2 is 1.95 bits per heavy atom. The lowest BCUT2D eigenvalue weighted by atomic mass is 9.84. The van der Waals surface area contributed by atoms with Gasteiger partial charge in [-0.3, -0.25) is 0 Å². The fourth-order valence-electron chi connectivity index (χ4n) is 3.13. The van der Waals surface area contributed by atoms with Crippen LogP contribution in [0.25, 0.3) is 0 Å². The van der Waals surface area contributed by atoms with E-state index in [-0.39, 0.29) is 22.4 Å². The first-order chi connectivity index (χ1) is 9.06. The third-order valence-electron chi connectivity index (χ3n) is 4.25. The fourth-order valence-corrected chi connectivity index (χ4v) is 3.28. The van der Waals surface area contributed by atoms with Gasteiger partial charge in [-0.05, 0) is 37.9 Å². The molecule has 0 aliphatic carbocycles. The summed E-state index contributed by atoms with van der Waals surface area (Å²) in [6, 6.07) is 1.74. The maximum absolute atomic E-state index is 14.2. The lowest BCUT2D eigenvalue weighted by Gasteiger charge is -2.45. The number of piperidine rings is 3. The Morgan fingerprint density at radius 1 is 1.26 bits per heavy atom. The smallest absolute Gasteiger partial charge is 0.169 e. The van der Waals surface area contributed by atoms with Gasteiger partial charge in [0.1, 0.15) is 5.02 Å². The van der Waals surface area contributed by atoms with Gasteiger partial charge in [-0.1, -0.05) is 11.6 Å². The molecule has 0 saturated carbocycles. The molecule has 5 N–H and O–H groups in total. The lowest BCUT2D eigenvalue weighted by Crippen LogP contribution is -2.53. The minimum absolute atomic E-state index is 0.0574. The monoisotopic (exact) mass is 284 g/mol. The van der Waals surface area contributed by atoms with E-state index in [1.54, 1.807) is 0 Å². The van der Waals surface area contributed by atoms with Crippen molar-refractivity contribution in [3.8, 4) is 0 Å². The van der Waals surface area contributed by atoms with Gasteiger partial charge in [0.05, 0.1) is 17.1 Å². The Labute approximate surface area is 116 Å². The van der Waals surface area contributed by atoms with Crippen molar-refractivity contribution in [3.05, 3.63) is 16.9 Å². The highest BCUT2D eigenvalue weighted by Crippen LogP contribution is 2.36. The maximum atomic E-state index is 14.2. The van der Waals surface area contributed by atoms with Crippen LogP contribution < -0.4 is 16.8 Å². The maximum Gasteiger partial charge on any atom is 0.169 e. The van der Waals surface area contributed by atoms with Crippen LogP contribution in [0.4, 0.5) is 21.5 Å². The second-order valence-corrected chi connectivity index (χ2v) is 5.82. The molecule has 1 aromatic rings. The van der Waals surface area contributed by atoms with Gasteiger partial charge in [-0.2, -0.15) is 0 Å². The molecule has 2 bridgehead atoms. The average Bonchev–Trinajstić information content (AvgIpc) is 2.43. The van der Waals surface area contributed by atoms with E-state index >= 15 is 0 Å². The van der Waals surface area contributed by atoms with Gasteiger partial charge in [-0.25, -0.2) is 4.39 Å². The number of anilines is 3. The van der Waals surface area contributed by atoms with Gasteiger partial charge >= 0.3 is 0 Å². The Morgan fingerprint density at radius 3 is 2.53 bits per heavy atom. The van der Waals surface area contributed by atoms with E-state index in [0.29, 0.717) is 11.6 Å². The number of rotatable bonds is 2. The van der Waals surface area contributed by atoms with E-state index in [4.69, 9.17) is 23.1 Å². The molecule has 3 fully saturated rings. The largest absolute Gasteiger partial charge is 0.397 e. The third kappa shape index (κ3) is 2.21. The van der Waals surface area contributed by atoms with Crippen molar-refractivity contribution in [1.29, 1.82) is 0 Å². The molecule has 1 aromatic carbocycles. The molecular formula is C13H18ClFN4. The summed E-state index contributed by atoms with van der Waals surface area (Å²) < 4.78 is 14.2. The molecule has 0 aromatic heterocycles. The number of hydrogen-bond donors (Lipinski definition) is 3. The number of nitrogens with one attached hydrogen (secondary N) is 1. The number of halogens is 2. The van der Waals surface area contributed by atoms with Crippen molar-refractivity contribution in [1.82, 2.24) is 4.90 Å². The minimum Gasteiger partial charge on any atom is -0.397 e. The highest BCUT2D eigenvalue weighted by molar-refractivity contribution is 6.33. The van der Waals surface area contributed by atoms with Crippen LogP contribution in [-0.2, 0) is 0 Å². The molecule has 1 atom stereocenters. The molecule has 4 rings (SSSR count). The topological polar surface area (TPSA) is 67.3 Å². The van der Waals surface area contributed by atoms with Crippen LogP contribution in [0.2, 0.25) is 5.02 Å². The standard InChI is InChI=1S/C13H18ClFN4/c14-11-8(16)5-9(17)13(12(11)15)18-10-6-19-3-1-7(10)2-4-19/h5,7,10,18H,1-4,6,16-17H2. The number of benzene rings is 1. The van der Waals surface area contributed by atoms with Crippen LogP contribution in [0.1, 0.15) is 12.8 Å². The van der Waals surface area contributed by atoms with E-state index in [0.717, 1.165) is 32.5 Å². The highest BCUT2D eigenvalue weighted by atomic mass is 35.5. The molecule has 104 valence electrons. The number of hydrogen-bond acceptors (Lipinski definition) is 4. The summed E-state index contributed by atoms with van der Waals surface area (Å²) in [6.07, 6.45) is 2.31. The number of fused-ring (bicyclic) bond motifs is 3. The fraction of sp³-hybridized carbons (Fsp3) is 0.538. The van der Waals surface area contributed by atoms with Crippen molar-refractivity contribution in [2.45, 2.75) is 18.9 Å². The van der Waals surface area contributed by atoms with Crippen LogP contribution in [-0.4, -0.2) is 30.6 Å². The summed E-state index contributed by atoms with van der Waals surface area (Å²) in [5, 5.41) is 3.18. The normalized spacial score (nSPS) is 29.5. The molecule has 3 saturated heterocycles. The first-order valence-corrected chi connectivity index (χ1v) is 6.96. The van der Waals surface area contributed by atoms with E-state index in [9.17, 15) is 4.39 Å². The van der Waals surface area contributed by atoms with Crippen LogP contribution >= 0.6 is 11.6 Å². The van der Waals surface area contributed by atoms with Crippen molar-refractivity contribution in [2.24, 2.45) is 5.92 Å². The quantitative estimate of drug-likeness (QED) is 0.728. The summed E-state index contributed by atoms with van der Waals surface area (Å²) in [5.41, 5.74) is 12.2. The van der Waals surface area contributed by atoms with E-state index in [1.807, 2.05) is 0 Å². The zero-order valence-corrected chi connectivity index (χ0v) is 11.4.